The molecule has 1 aromatic carbocycles. The minimum absolute atomic E-state index is 0.00473. The number of hydrogen-bond acceptors (Lipinski definition) is 4. The summed E-state index contributed by atoms with van der Waals surface area (Å²) in [5.41, 5.74) is 1.60. The topological polar surface area (TPSA) is 36.4 Å². The standard InChI is InChI=1S/C16H17N3O/c20-16(14-11-18-7-9-19(14)10-8-18)13-5-1-3-12-4-2-6-17-15(12)13/h1-6,14H,7-11H2. The molecule has 2 aromatic rings. The molecule has 0 saturated carbocycles. The molecule has 4 nitrogen and oxygen atoms in total. The van der Waals surface area contributed by atoms with Crippen LogP contribution in [-0.4, -0.2) is 59.3 Å². The molecule has 0 radical (unpaired) electrons. The van der Waals surface area contributed by atoms with Gasteiger partial charge in [0.1, 0.15) is 0 Å². The van der Waals surface area contributed by atoms with Crippen molar-refractivity contribution >= 4 is 16.7 Å². The third-order valence-corrected chi connectivity index (χ3v) is 4.48. The van der Waals surface area contributed by atoms with Gasteiger partial charge in [0.2, 0.25) is 0 Å². The van der Waals surface area contributed by atoms with Gasteiger partial charge in [-0.3, -0.25) is 19.6 Å². The lowest BCUT2D eigenvalue weighted by Gasteiger charge is -2.46. The number of carbonyl (C=O) groups excluding carboxylic acids is 1. The van der Waals surface area contributed by atoms with Gasteiger partial charge in [0.05, 0.1) is 11.6 Å². The molecule has 4 heteroatoms. The number of carbonyl (C=O) groups is 1. The van der Waals surface area contributed by atoms with Gasteiger partial charge >= 0.3 is 0 Å². The van der Waals surface area contributed by atoms with Crippen LogP contribution in [-0.2, 0) is 0 Å². The number of pyridine rings is 1. The minimum atomic E-state index is 0.00473. The van der Waals surface area contributed by atoms with Crippen molar-refractivity contribution in [3.05, 3.63) is 42.1 Å². The average molecular weight is 267 g/mol. The van der Waals surface area contributed by atoms with Crippen molar-refractivity contribution in [1.29, 1.82) is 0 Å². The Labute approximate surface area is 118 Å². The summed E-state index contributed by atoms with van der Waals surface area (Å²) in [5, 5.41) is 1.04. The van der Waals surface area contributed by atoms with E-state index in [1.807, 2.05) is 30.3 Å². The molecular weight excluding hydrogens is 250 g/mol. The summed E-state index contributed by atoms with van der Waals surface area (Å²) >= 11 is 0. The fourth-order valence-electron chi connectivity index (χ4n) is 3.35. The number of benzene rings is 1. The van der Waals surface area contributed by atoms with Crippen molar-refractivity contribution in [3.8, 4) is 0 Å². The lowest BCUT2D eigenvalue weighted by molar-refractivity contribution is 0.0160. The minimum Gasteiger partial charge on any atom is -0.299 e. The molecule has 1 unspecified atom stereocenters. The van der Waals surface area contributed by atoms with Crippen LogP contribution >= 0.6 is 0 Å². The van der Waals surface area contributed by atoms with Gasteiger partial charge in [-0.1, -0.05) is 18.2 Å². The Bertz CT molecular complexity index is 656. The van der Waals surface area contributed by atoms with Crippen LogP contribution in [0, 0.1) is 0 Å². The molecule has 0 amide bonds. The third kappa shape index (κ3) is 1.84. The van der Waals surface area contributed by atoms with E-state index in [4.69, 9.17) is 0 Å². The Morgan fingerprint density at radius 3 is 2.65 bits per heavy atom. The molecule has 3 saturated heterocycles. The Kier molecular flexibility index (Phi) is 2.79. The lowest BCUT2D eigenvalue weighted by Crippen LogP contribution is -2.63. The Balaban J connectivity index is 1.74. The van der Waals surface area contributed by atoms with E-state index in [0.717, 1.165) is 49.2 Å². The number of fused-ring (bicyclic) bond motifs is 4. The summed E-state index contributed by atoms with van der Waals surface area (Å²) in [4.78, 5) is 22.0. The molecule has 1 atom stereocenters. The Morgan fingerprint density at radius 1 is 1.10 bits per heavy atom. The van der Waals surface area contributed by atoms with Crippen LogP contribution < -0.4 is 0 Å². The molecular formula is C16H17N3O. The van der Waals surface area contributed by atoms with Crippen LogP contribution in [0.4, 0.5) is 0 Å². The maximum Gasteiger partial charge on any atom is 0.183 e. The lowest BCUT2D eigenvalue weighted by atomic mass is 9.96. The summed E-state index contributed by atoms with van der Waals surface area (Å²) in [5.74, 6) is 0.221. The first-order valence-electron chi connectivity index (χ1n) is 7.17. The van der Waals surface area contributed by atoms with E-state index in [-0.39, 0.29) is 11.8 Å². The van der Waals surface area contributed by atoms with Crippen LogP contribution in [0.3, 0.4) is 0 Å². The predicted molar refractivity (Wildman–Crippen MR) is 77.9 cm³/mol. The third-order valence-electron chi connectivity index (χ3n) is 4.48. The maximum absolute atomic E-state index is 12.9. The zero-order valence-corrected chi connectivity index (χ0v) is 11.3. The van der Waals surface area contributed by atoms with Crippen molar-refractivity contribution in [2.45, 2.75) is 6.04 Å². The van der Waals surface area contributed by atoms with Gasteiger partial charge < -0.3 is 0 Å². The van der Waals surface area contributed by atoms with Gasteiger partial charge in [-0.05, 0) is 12.1 Å². The summed E-state index contributed by atoms with van der Waals surface area (Å²) in [6.07, 6.45) is 1.76. The summed E-state index contributed by atoms with van der Waals surface area (Å²) in [6.45, 7) is 5.07. The van der Waals surface area contributed by atoms with E-state index in [1.54, 1.807) is 6.20 Å². The molecule has 5 rings (SSSR count). The molecule has 0 aliphatic carbocycles. The molecule has 2 bridgehead atoms. The fourth-order valence-corrected chi connectivity index (χ4v) is 3.35. The number of Topliss-reactive ketones (excluding diaryl/α,β-unsaturated/α-hetero) is 1. The van der Waals surface area contributed by atoms with Gasteiger partial charge in [0.15, 0.2) is 5.78 Å². The molecule has 3 aliphatic heterocycles. The highest BCUT2D eigenvalue weighted by Crippen LogP contribution is 2.23. The highest BCUT2D eigenvalue weighted by Gasteiger charge is 2.37. The number of piperazine rings is 3. The van der Waals surface area contributed by atoms with Crippen molar-refractivity contribution in [2.24, 2.45) is 0 Å². The van der Waals surface area contributed by atoms with Crippen LogP contribution in [0.25, 0.3) is 10.9 Å². The van der Waals surface area contributed by atoms with Crippen molar-refractivity contribution in [2.75, 3.05) is 32.7 Å². The first-order valence-corrected chi connectivity index (χ1v) is 7.17. The van der Waals surface area contributed by atoms with Crippen molar-refractivity contribution < 1.29 is 4.79 Å². The van der Waals surface area contributed by atoms with Crippen LogP contribution in [0.1, 0.15) is 10.4 Å². The number of nitrogens with zero attached hydrogens (tertiary/aromatic N) is 3. The van der Waals surface area contributed by atoms with Gasteiger partial charge in [-0.15, -0.1) is 0 Å². The first kappa shape index (κ1) is 12.0. The van der Waals surface area contributed by atoms with E-state index in [0.29, 0.717) is 0 Å². The largest absolute Gasteiger partial charge is 0.299 e. The molecule has 0 N–H and O–H groups in total. The zero-order valence-electron chi connectivity index (χ0n) is 11.3. The fraction of sp³-hybridized carbons (Fsp3) is 0.375. The van der Waals surface area contributed by atoms with E-state index in [1.165, 1.54) is 0 Å². The maximum atomic E-state index is 12.9. The van der Waals surface area contributed by atoms with Gasteiger partial charge in [0.25, 0.3) is 0 Å². The highest BCUT2D eigenvalue weighted by molar-refractivity contribution is 6.09. The summed E-state index contributed by atoms with van der Waals surface area (Å²) in [7, 11) is 0. The molecule has 4 heterocycles. The SMILES string of the molecule is O=C(c1cccc2cccnc12)C1CN2CCN1CC2. The second kappa shape index (κ2) is 4.65. The summed E-state index contributed by atoms with van der Waals surface area (Å²) < 4.78 is 0. The van der Waals surface area contributed by atoms with Crippen LogP contribution in [0.15, 0.2) is 36.5 Å². The van der Waals surface area contributed by atoms with Crippen LogP contribution in [0.5, 0.6) is 0 Å². The zero-order chi connectivity index (χ0) is 13.5. The molecule has 20 heavy (non-hydrogen) atoms. The molecule has 0 spiro atoms. The number of hydrogen-bond donors (Lipinski definition) is 0. The quantitative estimate of drug-likeness (QED) is 0.771. The van der Waals surface area contributed by atoms with Gasteiger partial charge in [0, 0.05) is 49.9 Å². The second-order valence-corrected chi connectivity index (χ2v) is 5.60. The smallest absolute Gasteiger partial charge is 0.183 e. The number of para-hydroxylation sites is 1. The molecule has 3 fully saturated rings. The molecule has 1 aromatic heterocycles. The first-order chi connectivity index (χ1) is 9.83. The Hall–Kier alpha value is -1.78. The van der Waals surface area contributed by atoms with Crippen LogP contribution in [0.2, 0.25) is 0 Å². The molecule has 3 aliphatic rings. The summed E-state index contributed by atoms with van der Waals surface area (Å²) in [6, 6.07) is 9.80. The van der Waals surface area contributed by atoms with Crippen molar-refractivity contribution in [1.82, 2.24) is 14.8 Å². The Morgan fingerprint density at radius 2 is 1.90 bits per heavy atom. The average Bonchev–Trinajstić information content (AvgIpc) is 2.54. The number of rotatable bonds is 2. The monoisotopic (exact) mass is 267 g/mol. The van der Waals surface area contributed by atoms with E-state index < -0.39 is 0 Å². The van der Waals surface area contributed by atoms with Crippen molar-refractivity contribution in [3.63, 3.8) is 0 Å². The van der Waals surface area contributed by atoms with E-state index in [2.05, 4.69) is 14.8 Å². The van der Waals surface area contributed by atoms with Gasteiger partial charge in [-0.25, -0.2) is 0 Å². The van der Waals surface area contributed by atoms with E-state index in [9.17, 15) is 4.79 Å². The number of ketones is 1. The molecule has 102 valence electrons. The highest BCUT2D eigenvalue weighted by atomic mass is 16.1. The normalized spacial score (nSPS) is 28.7. The van der Waals surface area contributed by atoms with Gasteiger partial charge in [-0.2, -0.15) is 0 Å². The second-order valence-electron chi connectivity index (χ2n) is 5.60. The van der Waals surface area contributed by atoms with E-state index >= 15 is 0 Å². The number of aromatic nitrogens is 1. The predicted octanol–water partition coefficient (Wildman–Crippen LogP) is 1.42.